The lowest BCUT2D eigenvalue weighted by Crippen LogP contribution is -1.97. The number of hydrazone groups is 1. The van der Waals surface area contributed by atoms with Crippen molar-refractivity contribution in [2.24, 2.45) is 5.10 Å². The van der Waals surface area contributed by atoms with Crippen molar-refractivity contribution in [3.05, 3.63) is 28.3 Å². The third kappa shape index (κ3) is 4.04. The number of ether oxygens (including phenoxy) is 1. The summed E-state index contributed by atoms with van der Waals surface area (Å²) < 4.78 is 4.95. The summed E-state index contributed by atoms with van der Waals surface area (Å²) in [5.74, 6) is 0.446. The van der Waals surface area contributed by atoms with E-state index in [1.165, 1.54) is 13.2 Å². The van der Waals surface area contributed by atoms with Gasteiger partial charge in [-0.3, -0.25) is 15.5 Å². The van der Waals surface area contributed by atoms with E-state index in [9.17, 15) is 10.1 Å². The fourth-order valence-electron chi connectivity index (χ4n) is 1.36. The molecule has 1 aromatic rings. The van der Waals surface area contributed by atoms with E-state index in [0.29, 0.717) is 11.4 Å². The summed E-state index contributed by atoms with van der Waals surface area (Å²) in [5.41, 5.74) is 2.98. The molecule has 0 aliphatic rings. The lowest BCUT2D eigenvalue weighted by molar-refractivity contribution is -0.384. The number of nitrogens with one attached hydrogen (secondary N) is 1. The van der Waals surface area contributed by atoms with Crippen LogP contribution in [0, 0.1) is 10.1 Å². The van der Waals surface area contributed by atoms with Gasteiger partial charge in [-0.15, -0.1) is 0 Å². The van der Waals surface area contributed by atoms with Crippen LogP contribution in [0.15, 0.2) is 23.3 Å². The van der Waals surface area contributed by atoms with Crippen molar-refractivity contribution in [3.63, 3.8) is 0 Å². The molecule has 0 bridgehead atoms. The van der Waals surface area contributed by atoms with Gasteiger partial charge in [0.15, 0.2) is 0 Å². The maximum Gasteiger partial charge on any atom is 0.297 e. The van der Waals surface area contributed by atoms with E-state index in [2.05, 4.69) is 17.5 Å². The predicted molar refractivity (Wildman–Crippen MR) is 71.3 cm³/mol. The van der Waals surface area contributed by atoms with Crippen LogP contribution in [0.4, 0.5) is 11.4 Å². The van der Waals surface area contributed by atoms with Gasteiger partial charge in [-0.25, -0.2) is 0 Å². The third-order valence-corrected chi connectivity index (χ3v) is 2.36. The van der Waals surface area contributed by atoms with Crippen molar-refractivity contribution in [1.29, 1.82) is 0 Å². The number of hydrogen-bond donors (Lipinski definition) is 1. The Hall–Kier alpha value is -2.11. The Bertz CT molecular complexity index is 433. The van der Waals surface area contributed by atoms with Gasteiger partial charge in [0.05, 0.1) is 18.1 Å². The highest BCUT2D eigenvalue weighted by Crippen LogP contribution is 2.28. The summed E-state index contributed by atoms with van der Waals surface area (Å²) in [6, 6.07) is 4.59. The van der Waals surface area contributed by atoms with Crippen LogP contribution in [0.1, 0.15) is 26.2 Å². The van der Waals surface area contributed by atoms with Crippen LogP contribution in [-0.2, 0) is 0 Å². The van der Waals surface area contributed by atoms with Gasteiger partial charge in [0.2, 0.25) is 0 Å². The van der Waals surface area contributed by atoms with Gasteiger partial charge >= 0.3 is 0 Å². The Balaban J connectivity index is 2.75. The van der Waals surface area contributed by atoms with E-state index in [1.54, 1.807) is 18.3 Å². The first-order chi connectivity index (χ1) is 8.69. The zero-order valence-electron chi connectivity index (χ0n) is 10.5. The standard InChI is InChI=1S/C12H17N3O3/c1-3-4-5-8-13-14-11-7-6-10(18-2)9-12(11)15(16)17/h6-9,14H,3-5H2,1-2H3/b13-8+. The van der Waals surface area contributed by atoms with Crippen molar-refractivity contribution >= 4 is 17.6 Å². The van der Waals surface area contributed by atoms with Crippen molar-refractivity contribution < 1.29 is 9.66 Å². The molecule has 1 rings (SSSR count). The van der Waals surface area contributed by atoms with E-state index in [1.807, 2.05) is 0 Å². The second-order valence-corrected chi connectivity index (χ2v) is 3.71. The molecule has 0 amide bonds. The molecule has 0 saturated heterocycles. The van der Waals surface area contributed by atoms with Crippen LogP contribution in [0.5, 0.6) is 5.75 Å². The number of rotatable bonds is 7. The number of nitro benzene ring substituents is 1. The minimum absolute atomic E-state index is 0.0537. The number of anilines is 1. The SMILES string of the molecule is CCCC/C=N/Nc1ccc(OC)cc1[N+](=O)[O-]. The molecule has 1 aromatic carbocycles. The molecule has 0 aliphatic carbocycles. The average molecular weight is 251 g/mol. The maximum atomic E-state index is 10.9. The Kier molecular flexibility index (Phi) is 5.63. The smallest absolute Gasteiger partial charge is 0.297 e. The van der Waals surface area contributed by atoms with Gasteiger partial charge in [0.1, 0.15) is 11.4 Å². The molecule has 0 atom stereocenters. The van der Waals surface area contributed by atoms with Crippen LogP contribution in [0.25, 0.3) is 0 Å². The molecule has 1 N–H and O–H groups in total. The molecular weight excluding hydrogens is 234 g/mol. The van der Waals surface area contributed by atoms with Gasteiger partial charge in [-0.05, 0) is 25.0 Å². The van der Waals surface area contributed by atoms with Crippen LogP contribution < -0.4 is 10.2 Å². The number of nitro groups is 1. The van der Waals surface area contributed by atoms with Crippen molar-refractivity contribution in [1.82, 2.24) is 0 Å². The minimum Gasteiger partial charge on any atom is -0.496 e. The van der Waals surface area contributed by atoms with E-state index in [-0.39, 0.29) is 5.69 Å². The molecule has 6 heteroatoms. The van der Waals surface area contributed by atoms with Crippen molar-refractivity contribution in [2.45, 2.75) is 26.2 Å². The highest BCUT2D eigenvalue weighted by molar-refractivity contribution is 5.66. The molecular formula is C12H17N3O3. The Morgan fingerprint density at radius 2 is 2.33 bits per heavy atom. The van der Waals surface area contributed by atoms with E-state index < -0.39 is 4.92 Å². The molecule has 6 nitrogen and oxygen atoms in total. The lowest BCUT2D eigenvalue weighted by Gasteiger charge is -2.04. The fraction of sp³-hybridized carbons (Fsp3) is 0.417. The van der Waals surface area contributed by atoms with Gasteiger partial charge in [-0.2, -0.15) is 5.10 Å². The lowest BCUT2D eigenvalue weighted by atomic mass is 10.2. The highest BCUT2D eigenvalue weighted by Gasteiger charge is 2.14. The molecule has 98 valence electrons. The van der Waals surface area contributed by atoms with E-state index in [0.717, 1.165) is 19.3 Å². The summed E-state index contributed by atoms with van der Waals surface area (Å²) in [7, 11) is 1.47. The second kappa shape index (κ2) is 7.26. The number of hydrogen-bond acceptors (Lipinski definition) is 5. The Morgan fingerprint density at radius 3 is 2.94 bits per heavy atom. The van der Waals surface area contributed by atoms with Gasteiger partial charge in [0.25, 0.3) is 5.69 Å². The summed E-state index contributed by atoms with van der Waals surface area (Å²) in [5, 5.41) is 14.8. The number of methoxy groups -OCH3 is 1. The van der Waals surface area contributed by atoms with Crippen LogP contribution in [0.3, 0.4) is 0 Å². The van der Waals surface area contributed by atoms with Crippen molar-refractivity contribution in [3.8, 4) is 5.75 Å². The maximum absolute atomic E-state index is 10.9. The van der Waals surface area contributed by atoms with Gasteiger partial charge in [-0.1, -0.05) is 13.3 Å². The molecule has 0 fully saturated rings. The van der Waals surface area contributed by atoms with Crippen molar-refractivity contribution in [2.75, 3.05) is 12.5 Å². The Labute approximate surface area is 106 Å². The topological polar surface area (TPSA) is 76.8 Å². The quantitative estimate of drug-likeness (QED) is 0.349. The number of benzene rings is 1. The number of unbranched alkanes of at least 4 members (excludes halogenated alkanes) is 2. The monoisotopic (exact) mass is 251 g/mol. The summed E-state index contributed by atoms with van der Waals surface area (Å²) >= 11 is 0. The summed E-state index contributed by atoms with van der Waals surface area (Å²) in [4.78, 5) is 10.4. The molecule has 0 aromatic heterocycles. The zero-order chi connectivity index (χ0) is 13.4. The van der Waals surface area contributed by atoms with Crippen LogP contribution in [-0.4, -0.2) is 18.2 Å². The summed E-state index contributed by atoms with van der Waals surface area (Å²) in [6.45, 7) is 2.09. The number of nitrogens with zero attached hydrogens (tertiary/aromatic N) is 2. The molecule has 0 radical (unpaired) electrons. The van der Waals surface area contributed by atoms with Gasteiger partial charge < -0.3 is 4.74 Å². The molecule has 0 heterocycles. The van der Waals surface area contributed by atoms with Gasteiger partial charge in [0, 0.05) is 6.21 Å². The van der Waals surface area contributed by atoms with E-state index in [4.69, 9.17) is 4.74 Å². The molecule has 0 spiro atoms. The average Bonchev–Trinajstić information content (AvgIpc) is 2.38. The van der Waals surface area contributed by atoms with Crippen LogP contribution >= 0.6 is 0 Å². The zero-order valence-corrected chi connectivity index (χ0v) is 10.5. The first kappa shape index (κ1) is 14.0. The third-order valence-electron chi connectivity index (χ3n) is 2.36. The predicted octanol–water partition coefficient (Wildman–Crippen LogP) is 3.19. The summed E-state index contributed by atoms with van der Waals surface area (Å²) in [6.07, 6.45) is 4.72. The largest absolute Gasteiger partial charge is 0.496 e. The second-order valence-electron chi connectivity index (χ2n) is 3.71. The Morgan fingerprint density at radius 1 is 1.56 bits per heavy atom. The van der Waals surface area contributed by atoms with E-state index >= 15 is 0 Å². The molecule has 18 heavy (non-hydrogen) atoms. The fourth-order valence-corrected chi connectivity index (χ4v) is 1.36. The minimum atomic E-state index is -0.466. The molecule has 0 unspecified atom stereocenters. The first-order valence-electron chi connectivity index (χ1n) is 5.79. The molecule has 0 aliphatic heterocycles. The highest BCUT2D eigenvalue weighted by atomic mass is 16.6. The molecule has 0 saturated carbocycles. The first-order valence-corrected chi connectivity index (χ1v) is 5.79. The normalized spacial score (nSPS) is 10.6. The van der Waals surface area contributed by atoms with Crippen LogP contribution in [0.2, 0.25) is 0 Å².